The molecule has 0 atom stereocenters. The molecule has 6 heteroatoms. The maximum Gasteiger partial charge on any atom is 0.240 e. The molecule has 20 heavy (non-hydrogen) atoms. The van der Waals surface area contributed by atoms with Crippen molar-refractivity contribution >= 4 is 41.9 Å². The van der Waals surface area contributed by atoms with Crippen molar-refractivity contribution in [1.29, 1.82) is 0 Å². The quantitative estimate of drug-likeness (QED) is 0.750. The van der Waals surface area contributed by atoms with Gasteiger partial charge in [0.25, 0.3) is 0 Å². The van der Waals surface area contributed by atoms with E-state index in [2.05, 4.69) is 36.6 Å². The molecule has 1 N–H and O–H groups in total. The second-order valence-electron chi connectivity index (χ2n) is 4.23. The summed E-state index contributed by atoms with van der Waals surface area (Å²) in [7, 11) is -3.47. The zero-order valence-electron chi connectivity index (χ0n) is 10.5. The van der Waals surface area contributed by atoms with E-state index in [9.17, 15) is 8.42 Å². The van der Waals surface area contributed by atoms with Crippen LogP contribution in [0, 0.1) is 0 Å². The third kappa shape index (κ3) is 4.15. The van der Waals surface area contributed by atoms with Crippen LogP contribution in [0.5, 0.6) is 0 Å². The molecule has 0 unspecified atom stereocenters. The van der Waals surface area contributed by atoms with E-state index in [1.54, 1.807) is 24.3 Å². The molecule has 3 nitrogen and oxygen atoms in total. The van der Waals surface area contributed by atoms with Gasteiger partial charge in [0.1, 0.15) is 0 Å². The topological polar surface area (TPSA) is 46.2 Å². The summed E-state index contributed by atoms with van der Waals surface area (Å²) < 4.78 is 27.8. The molecule has 2 aromatic carbocycles. The van der Waals surface area contributed by atoms with Gasteiger partial charge in [-0.1, -0.05) is 56.1 Å². The molecule has 0 spiro atoms. The van der Waals surface area contributed by atoms with Gasteiger partial charge in [0.05, 0.1) is 4.90 Å². The standard InChI is InChI=1S/C14H13Br2NO2S/c15-9-11-3-7-14(8-4-11)20(18,19)17-10-12-1-5-13(16)6-2-12/h1-8,17H,9-10H2. The average molecular weight is 419 g/mol. The van der Waals surface area contributed by atoms with Crippen LogP contribution in [-0.2, 0) is 21.9 Å². The molecule has 0 bridgehead atoms. The molecule has 0 saturated carbocycles. The summed E-state index contributed by atoms with van der Waals surface area (Å²) in [5, 5.41) is 0.708. The van der Waals surface area contributed by atoms with Crippen LogP contribution in [0.15, 0.2) is 57.9 Å². The molecular formula is C14H13Br2NO2S. The zero-order valence-corrected chi connectivity index (χ0v) is 14.5. The van der Waals surface area contributed by atoms with E-state index in [4.69, 9.17) is 0 Å². The number of benzene rings is 2. The fourth-order valence-electron chi connectivity index (χ4n) is 1.62. The fraction of sp³-hybridized carbons (Fsp3) is 0.143. The third-order valence-corrected chi connectivity index (χ3v) is 5.36. The number of nitrogens with one attached hydrogen (secondary N) is 1. The zero-order chi connectivity index (χ0) is 14.6. The fourth-order valence-corrected chi connectivity index (χ4v) is 3.28. The average Bonchev–Trinajstić information content (AvgIpc) is 2.47. The molecule has 0 heterocycles. The van der Waals surface area contributed by atoms with E-state index in [1.165, 1.54) is 0 Å². The first kappa shape index (κ1) is 15.7. The van der Waals surface area contributed by atoms with Gasteiger partial charge in [-0.3, -0.25) is 0 Å². The molecule has 106 valence electrons. The summed E-state index contributed by atoms with van der Waals surface area (Å²) >= 11 is 6.67. The van der Waals surface area contributed by atoms with E-state index < -0.39 is 10.0 Å². The van der Waals surface area contributed by atoms with Gasteiger partial charge in [0, 0.05) is 16.3 Å². The Hall–Kier alpha value is -0.690. The summed E-state index contributed by atoms with van der Waals surface area (Å²) in [5.74, 6) is 0. The summed E-state index contributed by atoms with van der Waals surface area (Å²) in [4.78, 5) is 0.277. The predicted molar refractivity (Wildman–Crippen MR) is 87.2 cm³/mol. The Morgan fingerprint density at radius 2 is 1.45 bits per heavy atom. The van der Waals surface area contributed by atoms with Crippen molar-refractivity contribution in [2.75, 3.05) is 0 Å². The van der Waals surface area contributed by atoms with Crippen LogP contribution >= 0.6 is 31.9 Å². The van der Waals surface area contributed by atoms with E-state index in [1.807, 2.05) is 24.3 Å². The number of halogens is 2. The smallest absolute Gasteiger partial charge is 0.207 e. The Morgan fingerprint density at radius 3 is 2.00 bits per heavy atom. The summed E-state index contributed by atoms with van der Waals surface area (Å²) in [6, 6.07) is 14.3. The lowest BCUT2D eigenvalue weighted by molar-refractivity contribution is 0.581. The van der Waals surface area contributed by atoms with Crippen LogP contribution in [0.2, 0.25) is 0 Å². The number of sulfonamides is 1. The molecule has 2 aromatic rings. The van der Waals surface area contributed by atoms with Crippen LogP contribution in [0.3, 0.4) is 0 Å². The summed E-state index contributed by atoms with van der Waals surface area (Å²) in [6.07, 6.45) is 0. The van der Waals surface area contributed by atoms with E-state index >= 15 is 0 Å². The number of alkyl halides is 1. The first-order chi connectivity index (χ1) is 9.51. The van der Waals surface area contributed by atoms with Crippen LogP contribution in [0.4, 0.5) is 0 Å². The van der Waals surface area contributed by atoms with Gasteiger partial charge in [-0.15, -0.1) is 0 Å². The highest BCUT2D eigenvalue weighted by atomic mass is 79.9. The Bertz CT molecular complexity index is 667. The van der Waals surface area contributed by atoms with Crippen molar-refractivity contribution in [3.05, 3.63) is 64.1 Å². The molecule has 0 aliphatic rings. The van der Waals surface area contributed by atoms with Crippen LogP contribution in [-0.4, -0.2) is 8.42 Å². The molecule has 0 amide bonds. The molecule has 0 radical (unpaired) electrons. The second-order valence-corrected chi connectivity index (χ2v) is 7.47. The van der Waals surface area contributed by atoms with Crippen molar-refractivity contribution in [3.63, 3.8) is 0 Å². The normalized spacial score (nSPS) is 11.5. The van der Waals surface area contributed by atoms with Gasteiger partial charge in [0.15, 0.2) is 0 Å². The SMILES string of the molecule is O=S(=O)(NCc1ccc(Br)cc1)c1ccc(CBr)cc1. The van der Waals surface area contributed by atoms with Gasteiger partial charge < -0.3 is 0 Å². The lowest BCUT2D eigenvalue weighted by Gasteiger charge is -2.07. The van der Waals surface area contributed by atoms with Crippen molar-refractivity contribution in [3.8, 4) is 0 Å². The largest absolute Gasteiger partial charge is 0.240 e. The molecule has 0 aliphatic heterocycles. The molecular weight excluding hydrogens is 406 g/mol. The Morgan fingerprint density at radius 1 is 0.900 bits per heavy atom. The minimum absolute atomic E-state index is 0.274. The Labute approximate surface area is 135 Å². The van der Waals surface area contributed by atoms with Gasteiger partial charge in [-0.05, 0) is 35.4 Å². The van der Waals surface area contributed by atoms with Crippen molar-refractivity contribution in [2.24, 2.45) is 0 Å². The molecule has 0 aromatic heterocycles. The van der Waals surface area contributed by atoms with Crippen molar-refractivity contribution in [1.82, 2.24) is 4.72 Å². The predicted octanol–water partition coefficient (Wildman–Crippen LogP) is 3.82. The first-order valence-electron chi connectivity index (χ1n) is 5.90. The Balaban J connectivity index is 2.08. The lowest BCUT2D eigenvalue weighted by Crippen LogP contribution is -2.23. The van der Waals surface area contributed by atoms with E-state index in [0.29, 0.717) is 5.33 Å². The molecule has 0 saturated heterocycles. The maximum atomic E-state index is 12.1. The monoisotopic (exact) mass is 417 g/mol. The summed E-state index contributed by atoms with van der Waals surface area (Å²) in [5.41, 5.74) is 1.95. The van der Waals surface area contributed by atoms with Crippen LogP contribution in [0.1, 0.15) is 11.1 Å². The van der Waals surface area contributed by atoms with Gasteiger partial charge in [-0.25, -0.2) is 13.1 Å². The van der Waals surface area contributed by atoms with Crippen molar-refractivity contribution in [2.45, 2.75) is 16.8 Å². The summed E-state index contributed by atoms with van der Waals surface area (Å²) in [6.45, 7) is 0.274. The van der Waals surface area contributed by atoms with Crippen LogP contribution < -0.4 is 4.72 Å². The highest BCUT2D eigenvalue weighted by molar-refractivity contribution is 9.10. The maximum absolute atomic E-state index is 12.1. The number of hydrogen-bond donors (Lipinski definition) is 1. The highest BCUT2D eigenvalue weighted by Crippen LogP contribution is 2.14. The third-order valence-electron chi connectivity index (χ3n) is 2.77. The minimum Gasteiger partial charge on any atom is -0.207 e. The number of hydrogen-bond acceptors (Lipinski definition) is 2. The minimum atomic E-state index is -3.47. The van der Waals surface area contributed by atoms with Gasteiger partial charge in [-0.2, -0.15) is 0 Å². The van der Waals surface area contributed by atoms with Gasteiger partial charge >= 0.3 is 0 Å². The van der Waals surface area contributed by atoms with Crippen LogP contribution in [0.25, 0.3) is 0 Å². The molecule has 2 rings (SSSR count). The second kappa shape index (κ2) is 6.85. The lowest BCUT2D eigenvalue weighted by atomic mass is 10.2. The van der Waals surface area contributed by atoms with Crippen molar-refractivity contribution < 1.29 is 8.42 Å². The molecule has 0 aliphatic carbocycles. The first-order valence-corrected chi connectivity index (χ1v) is 9.30. The van der Waals surface area contributed by atoms with Gasteiger partial charge in [0.2, 0.25) is 10.0 Å². The van der Waals surface area contributed by atoms with E-state index in [0.717, 1.165) is 15.6 Å². The number of rotatable bonds is 5. The van der Waals surface area contributed by atoms with E-state index in [-0.39, 0.29) is 11.4 Å². The Kier molecular flexibility index (Phi) is 5.37. The highest BCUT2D eigenvalue weighted by Gasteiger charge is 2.13. The molecule has 0 fully saturated rings.